The maximum atomic E-state index is 12.3. The number of nitrogens with zero attached hydrogens (tertiary/aromatic N) is 1. The number of nitrogens with one attached hydrogen (secondary N) is 1. The number of ether oxygens (including phenoxy) is 2. The number of benzene rings is 1. The van der Waals surface area contributed by atoms with Crippen molar-refractivity contribution >= 4 is 23.2 Å². The van der Waals surface area contributed by atoms with E-state index >= 15 is 0 Å². The molecule has 3 heterocycles. The van der Waals surface area contributed by atoms with E-state index in [4.69, 9.17) is 21.1 Å². The molecule has 124 valence electrons. The highest BCUT2D eigenvalue weighted by Crippen LogP contribution is 2.39. The highest BCUT2D eigenvalue weighted by molar-refractivity contribution is 6.30. The van der Waals surface area contributed by atoms with Gasteiger partial charge < -0.3 is 14.8 Å². The standard InChI is InChI=1S/C18H17ClN2O3/c19-11-1-4-13(5-2-11)24-17-8-3-12(10-20-17)21-18(22)15-9-14-6-7-16(15)23-14/h1-5,8,10,14-16H,6-7,9H2,(H,21,22). The number of halogens is 1. The van der Waals surface area contributed by atoms with Crippen LogP contribution in [0.3, 0.4) is 0 Å². The second-order valence-corrected chi connectivity index (χ2v) is 6.58. The molecule has 2 bridgehead atoms. The first-order chi connectivity index (χ1) is 11.7. The predicted molar refractivity (Wildman–Crippen MR) is 90.4 cm³/mol. The number of aromatic nitrogens is 1. The summed E-state index contributed by atoms with van der Waals surface area (Å²) in [7, 11) is 0. The Morgan fingerprint density at radius 3 is 2.67 bits per heavy atom. The first-order valence-electron chi connectivity index (χ1n) is 8.03. The Morgan fingerprint density at radius 2 is 2.04 bits per heavy atom. The molecule has 6 heteroatoms. The van der Waals surface area contributed by atoms with E-state index in [2.05, 4.69) is 10.3 Å². The number of carbonyl (C=O) groups excluding carboxylic acids is 1. The third-order valence-corrected chi connectivity index (χ3v) is 4.73. The molecule has 2 aromatic rings. The second kappa shape index (κ2) is 6.42. The molecule has 3 unspecified atom stereocenters. The molecule has 0 saturated carbocycles. The molecule has 24 heavy (non-hydrogen) atoms. The van der Waals surface area contributed by atoms with Gasteiger partial charge in [-0.15, -0.1) is 0 Å². The SMILES string of the molecule is O=C(Nc1ccc(Oc2ccc(Cl)cc2)nc1)C1CC2CCC1O2. The average molecular weight is 345 g/mol. The Morgan fingerprint density at radius 1 is 1.21 bits per heavy atom. The zero-order valence-corrected chi connectivity index (χ0v) is 13.7. The van der Waals surface area contributed by atoms with E-state index in [0.717, 1.165) is 19.3 Å². The number of rotatable bonds is 4. The number of amides is 1. The van der Waals surface area contributed by atoms with E-state index in [1.54, 1.807) is 42.6 Å². The molecule has 2 aliphatic rings. The molecule has 3 atom stereocenters. The summed E-state index contributed by atoms with van der Waals surface area (Å²) in [6.45, 7) is 0. The van der Waals surface area contributed by atoms with Gasteiger partial charge in [-0.05, 0) is 49.6 Å². The summed E-state index contributed by atoms with van der Waals surface area (Å²) in [5.74, 6) is 1.07. The number of fused-ring (bicyclic) bond motifs is 2. The van der Waals surface area contributed by atoms with E-state index in [1.807, 2.05) is 0 Å². The van der Waals surface area contributed by atoms with Crippen molar-refractivity contribution in [1.29, 1.82) is 0 Å². The van der Waals surface area contributed by atoms with Crippen LogP contribution < -0.4 is 10.1 Å². The molecule has 1 aromatic carbocycles. The van der Waals surface area contributed by atoms with Gasteiger partial charge in [0.15, 0.2) is 0 Å². The molecule has 1 amide bonds. The Labute approximate surface area is 144 Å². The van der Waals surface area contributed by atoms with Crippen molar-refractivity contribution < 1.29 is 14.3 Å². The van der Waals surface area contributed by atoms with Gasteiger partial charge in [0.2, 0.25) is 11.8 Å². The molecule has 1 N–H and O–H groups in total. The topological polar surface area (TPSA) is 60.5 Å². The minimum atomic E-state index is -0.0475. The van der Waals surface area contributed by atoms with Crippen LogP contribution in [0, 0.1) is 5.92 Å². The fraction of sp³-hybridized carbons (Fsp3) is 0.333. The number of hydrogen-bond donors (Lipinski definition) is 1. The predicted octanol–water partition coefficient (Wildman–Crippen LogP) is 4.03. The maximum absolute atomic E-state index is 12.3. The van der Waals surface area contributed by atoms with Crippen molar-refractivity contribution in [3.63, 3.8) is 0 Å². The molecule has 2 aliphatic heterocycles. The van der Waals surface area contributed by atoms with Gasteiger partial charge in [0, 0.05) is 11.1 Å². The quantitative estimate of drug-likeness (QED) is 0.909. The fourth-order valence-corrected chi connectivity index (χ4v) is 3.41. The highest BCUT2D eigenvalue weighted by Gasteiger charge is 2.44. The van der Waals surface area contributed by atoms with Gasteiger partial charge in [-0.3, -0.25) is 4.79 Å². The Balaban J connectivity index is 1.37. The smallest absolute Gasteiger partial charge is 0.230 e. The van der Waals surface area contributed by atoms with Gasteiger partial charge >= 0.3 is 0 Å². The molecule has 2 saturated heterocycles. The lowest BCUT2D eigenvalue weighted by atomic mass is 9.88. The molecule has 0 spiro atoms. The first kappa shape index (κ1) is 15.4. The summed E-state index contributed by atoms with van der Waals surface area (Å²) >= 11 is 5.84. The molecule has 5 nitrogen and oxygen atoms in total. The minimum Gasteiger partial charge on any atom is -0.439 e. The summed E-state index contributed by atoms with van der Waals surface area (Å²) in [4.78, 5) is 16.6. The summed E-state index contributed by atoms with van der Waals surface area (Å²) < 4.78 is 11.4. The Kier molecular flexibility index (Phi) is 4.12. The van der Waals surface area contributed by atoms with Crippen LogP contribution >= 0.6 is 11.6 Å². The van der Waals surface area contributed by atoms with E-state index in [1.165, 1.54) is 0 Å². The molecular weight excluding hydrogens is 328 g/mol. The highest BCUT2D eigenvalue weighted by atomic mass is 35.5. The first-order valence-corrected chi connectivity index (χ1v) is 8.41. The van der Waals surface area contributed by atoms with E-state index in [9.17, 15) is 4.79 Å². The van der Waals surface area contributed by atoms with Crippen molar-refractivity contribution in [2.75, 3.05) is 5.32 Å². The molecular formula is C18H17ClN2O3. The van der Waals surface area contributed by atoms with Gasteiger partial charge in [-0.1, -0.05) is 11.6 Å². The average Bonchev–Trinajstić information content (AvgIpc) is 3.22. The van der Waals surface area contributed by atoms with Crippen molar-refractivity contribution in [2.45, 2.75) is 31.5 Å². The van der Waals surface area contributed by atoms with Crippen LogP contribution in [0.4, 0.5) is 5.69 Å². The second-order valence-electron chi connectivity index (χ2n) is 6.15. The lowest BCUT2D eigenvalue weighted by Crippen LogP contribution is -2.30. The van der Waals surface area contributed by atoms with Gasteiger partial charge in [0.1, 0.15) is 5.75 Å². The molecule has 1 aromatic heterocycles. The third kappa shape index (κ3) is 3.23. The van der Waals surface area contributed by atoms with Crippen molar-refractivity contribution in [1.82, 2.24) is 4.98 Å². The van der Waals surface area contributed by atoms with Crippen LogP contribution in [0.1, 0.15) is 19.3 Å². The minimum absolute atomic E-state index is 0.00960. The number of anilines is 1. The zero-order valence-electron chi connectivity index (χ0n) is 12.9. The van der Waals surface area contributed by atoms with Crippen LogP contribution in [-0.2, 0) is 9.53 Å². The summed E-state index contributed by atoms with van der Waals surface area (Å²) in [5, 5.41) is 3.56. The fourth-order valence-electron chi connectivity index (χ4n) is 3.29. The number of hydrogen-bond acceptors (Lipinski definition) is 4. The van der Waals surface area contributed by atoms with E-state index < -0.39 is 0 Å². The lowest BCUT2D eigenvalue weighted by Gasteiger charge is -2.17. The van der Waals surface area contributed by atoms with Crippen LogP contribution in [0.25, 0.3) is 0 Å². The van der Waals surface area contributed by atoms with Crippen molar-refractivity contribution in [2.24, 2.45) is 5.92 Å². The number of pyridine rings is 1. The molecule has 4 rings (SSSR count). The van der Waals surface area contributed by atoms with Crippen LogP contribution in [0.2, 0.25) is 5.02 Å². The summed E-state index contributed by atoms with van der Waals surface area (Å²) in [6.07, 6.45) is 4.81. The van der Waals surface area contributed by atoms with Gasteiger partial charge in [-0.2, -0.15) is 0 Å². The van der Waals surface area contributed by atoms with E-state index in [-0.39, 0.29) is 24.0 Å². The van der Waals surface area contributed by atoms with Gasteiger partial charge in [-0.25, -0.2) is 4.98 Å². The van der Waals surface area contributed by atoms with Crippen LogP contribution in [0.15, 0.2) is 42.6 Å². The maximum Gasteiger partial charge on any atom is 0.230 e. The lowest BCUT2D eigenvalue weighted by molar-refractivity contribution is -0.121. The van der Waals surface area contributed by atoms with Crippen molar-refractivity contribution in [3.05, 3.63) is 47.6 Å². The van der Waals surface area contributed by atoms with Crippen molar-refractivity contribution in [3.8, 4) is 11.6 Å². The molecule has 0 aliphatic carbocycles. The molecule has 2 fully saturated rings. The monoisotopic (exact) mass is 344 g/mol. The molecule has 0 radical (unpaired) electrons. The summed E-state index contributed by atoms with van der Waals surface area (Å²) in [5.41, 5.74) is 0.659. The normalized spacial score (nSPS) is 24.8. The van der Waals surface area contributed by atoms with Gasteiger partial charge in [0.25, 0.3) is 0 Å². The van der Waals surface area contributed by atoms with E-state index in [0.29, 0.717) is 22.3 Å². The third-order valence-electron chi connectivity index (χ3n) is 4.48. The summed E-state index contributed by atoms with van der Waals surface area (Å²) in [6, 6.07) is 10.6. The van der Waals surface area contributed by atoms with Gasteiger partial charge in [0.05, 0.1) is 30.0 Å². The zero-order chi connectivity index (χ0) is 16.5. The van der Waals surface area contributed by atoms with Crippen LogP contribution in [-0.4, -0.2) is 23.1 Å². The number of carbonyl (C=O) groups is 1. The van der Waals surface area contributed by atoms with Crippen LogP contribution in [0.5, 0.6) is 11.6 Å². The Hall–Kier alpha value is -2.11. The largest absolute Gasteiger partial charge is 0.439 e. The Bertz CT molecular complexity index is 733.